The zero-order chi connectivity index (χ0) is 19.3. The molecule has 0 saturated carbocycles. The van der Waals surface area contributed by atoms with Crippen LogP contribution in [0.15, 0.2) is 61.3 Å². The average molecular weight is 376 g/mol. The Hall–Kier alpha value is -3.68. The van der Waals surface area contributed by atoms with Crippen molar-refractivity contribution in [1.82, 2.24) is 19.9 Å². The van der Waals surface area contributed by atoms with Crippen LogP contribution in [0, 0.1) is 0 Å². The summed E-state index contributed by atoms with van der Waals surface area (Å²) in [6.07, 6.45) is 8.28. The van der Waals surface area contributed by atoms with Crippen molar-refractivity contribution in [3.8, 4) is 5.82 Å². The maximum atomic E-state index is 12.3. The summed E-state index contributed by atoms with van der Waals surface area (Å²) >= 11 is 0. The summed E-state index contributed by atoms with van der Waals surface area (Å²) in [4.78, 5) is 34.4. The summed E-state index contributed by atoms with van der Waals surface area (Å²) in [5, 5.41) is 5.65. The van der Waals surface area contributed by atoms with Gasteiger partial charge in [0.1, 0.15) is 12.1 Å². The second kappa shape index (κ2) is 7.91. The Labute approximate surface area is 162 Å². The minimum absolute atomic E-state index is 0.0821. The number of para-hydroxylation sites is 2. The van der Waals surface area contributed by atoms with E-state index >= 15 is 0 Å². The molecule has 8 nitrogen and oxygen atoms in total. The zero-order valence-electron chi connectivity index (χ0n) is 15.2. The van der Waals surface area contributed by atoms with Crippen molar-refractivity contribution in [2.24, 2.45) is 0 Å². The van der Waals surface area contributed by atoms with Gasteiger partial charge in [0.2, 0.25) is 5.91 Å². The molecule has 1 fully saturated rings. The Morgan fingerprint density at radius 3 is 2.79 bits per heavy atom. The molecule has 0 spiro atoms. The Kier molecular flexibility index (Phi) is 5.01. The fourth-order valence-corrected chi connectivity index (χ4v) is 3.14. The molecule has 8 heteroatoms. The minimum atomic E-state index is -0.335. The number of benzene rings is 1. The van der Waals surface area contributed by atoms with Crippen molar-refractivity contribution in [3.05, 3.63) is 66.9 Å². The molecule has 1 aliphatic rings. The smallest absolute Gasteiger partial charge is 0.319 e. The molecule has 4 rings (SSSR count). The molecular formula is C20H20N6O2. The second-order valence-electron chi connectivity index (χ2n) is 6.47. The monoisotopic (exact) mass is 376 g/mol. The van der Waals surface area contributed by atoms with Crippen molar-refractivity contribution in [1.29, 1.82) is 0 Å². The third-order valence-electron chi connectivity index (χ3n) is 4.55. The Balaban J connectivity index is 1.37. The standard InChI is InChI=1S/C20H20N6O2/c27-19-6-3-10-26(19)17-5-2-1-4-16(17)24-20(28)23-13-15-7-8-18(22-12-15)25-11-9-21-14-25/h1-2,4-5,7-9,11-12,14H,3,6,10,13H2,(H2,23,24,28). The van der Waals surface area contributed by atoms with Crippen molar-refractivity contribution < 1.29 is 9.59 Å². The van der Waals surface area contributed by atoms with Crippen LogP contribution in [0.5, 0.6) is 0 Å². The van der Waals surface area contributed by atoms with Gasteiger partial charge in [-0.2, -0.15) is 0 Å². The number of hydrogen-bond donors (Lipinski definition) is 2. The molecule has 1 aliphatic heterocycles. The summed E-state index contributed by atoms with van der Waals surface area (Å²) in [5.74, 6) is 0.841. The van der Waals surface area contributed by atoms with E-state index in [1.165, 1.54) is 0 Å². The van der Waals surface area contributed by atoms with Crippen LogP contribution in [0.2, 0.25) is 0 Å². The van der Waals surface area contributed by atoms with Gasteiger partial charge in [-0.25, -0.2) is 14.8 Å². The first-order chi connectivity index (χ1) is 13.7. The number of urea groups is 1. The number of rotatable bonds is 5. The van der Waals surface area contributed by atoms with Gasteiger partial charge < -0.3 is 15.5 Å². The predicted molar refractivity (Wildman–Crippen MR) is 105 cm³/mol. The number of aromatic nitrogens is 3. The van der Waals surface area contributed by atoms with E-state index in [-0.39, 0.29) is 11.9 Å². The Bertz CT molecular complexity index is 969. The highest BCUT2D eigenvalue weighted by Gasteiger charge is 2.24. The highest BCUT2D eigenvalue weighted by atomic mass is 16.2. The number of nitrogens with zero attached hydrogens (tertiary/aromatic N) is 4. The molecule has 142 valence electrons. The van der Waals surface area contributed by atoms with E-state index in [1.807, 2.05) is 36.5 Å². The van der Waals surface area contributed by atoms with Crippen LogP contribution in [0.1, 0.15) is 18.4 Å². The summed E-state index contributed by atoms with van der Waals surface area (Å²) in [6.45, 7) is 1.02. The quantitative estimate of drug-likeness (QED) is 0.716. The molecule has 0 aliphatic carbocycles. The SMILES string of the molecule is O=C(NCc1ccc(-n2ccnc2)nc1)Nc1ccccc1N1CCCC1=O. The van der Waals surface area contributed by atoms with Crippen molar-refractivity contribution >= 4 is 23.3 Å². The van der Waals surface area contributed by atoms with E-state index in [4.69, 9.17) is 0 Å². The van der Waals surface area contributed by atoms with Crippen molar-refractivity contribution in [2.45, 2.75) is 19.4 Å². The van der Waals surface area contributed by atoms with Gasteiger partial charge in [0.05, 0.1) is 11.4 Å². The third-order valence-corrected chi connectivity index (χ3v) is 4.55. The van der Waals surface area contributed by atoms with E-state index in [1.54, 1.807) is 34.3 Å². The molecule has 0 radical (unpaired) electrons. The average Bonchev–Trinajstić information content (AvgIpc) is 3.39. The molecular weight excluding hydrogens is 356 g/mol. The second-order valence-corrected chi connectivity index (χ2v) is 6.47. The lowest BCUT2D eigenvalue weighted by molar-refractivity contribution is -0.117. The van der Waals surface area contributed by atoms with Gasteiger partial charge in [0.15, 0.2) is 0 Å². The van der Waals surface area contributed by atoms with E-state index in [9.17, 15) is 9.59 Å². The summed E-state index contributed by atoms with van der Waals surface area (Å²) in [7, 11) is 0. The highest BCUT2D eigenvalue weighted by molar-refractivity contribution is 6.01. The molecule has 0 unspecified atom stereocenters. The third kappa shape index (κ3) is 3.85. The van der Waals surface area contributed by atoms with Crippen LogP contribution in [0.3, 0.4) is 0 Å². The molecule has 0 atom stereocenters. The largest absolute Gasteiger partial charge is 0.334 e. The Morgan fingerprint density at radius 2 is 2.07 bits per heavy atom. The fraction of sp³-hybridized carbons (Fsp3) is 0.200. The van der Waals surface area contributed by atoms with Crippen LogP contribution < -0.4 is 15.5 Å². The zero-order valence-corrected chi connectivity index (χ0v) is 15.2. The number of amides is 3. The van der Waals surface area contributed by atoms with Gasteiger partial charge in [0.25, 0.3) is 0 Å². The van der Waals surface area contributed by atoms with Crippen LogP contribution in [0.4, 0.5) is 16.2 Å². The molecule has 1 aromatic carbocycles. The Morgan fingerprint density at radius 1 is 1.18 bits per heavy atom. The van der Waals surface area contributed by atoms with Gasteiger partial charge in [-0.3, -0.25) is 9.36 Å². The molecule has 3 amide bonds. The molecule has 3 heterocycles. The number of carbonyl (C=O) groups excluding carboxylic acids is 2. The van der Waals surface area contributed by atoms with Crippen molar-refractivity contribution in [2.75, 3.05) is 16.8 Å². The van der Waals surface area contributed by atoms with Crippen LogP contribution in [-0.4, -0.2) is 33.0 Å². The van der Waals surface area contributed by atoms with Gasteiger partial charge in [0, 0.05) is 38.1 Å². The number of anilines is 2. The van der Waals surface area contributed by atoms with Gasteiger partial charge >= 0.3 is 6.03 Å². The maximum absolute atomic E-state index is 12.3. The summed E-state index contributed by atoms with van der Waals surface area (Å²) < 4.78 is 1.81. The first-order valence-corrected chi connectivity index (χ1v) is 9.08. The normalized spacial score (nSPS) is 13.6. The minimum Gasteiger partial charge on any atom is -0.334 e. The first kappa shape index (κ1) is 17.7. The predicted octanol–water partition coefficient (Wildman–Crippen LogP) is 2.72. The number of carbonyl (C=O) groups is 2. The van der Waals surface area contributed by atoms with E-state index in [0.29, 0.717) is 25.2 Å². The van der Waals surface area contributed by atoms with Crippen molar-refractivity contribution in [3.63, 3.8) is 0 Å². The molecule has 2 N–H and O–H groups in total. The highest BCUT2D eigenvalue weighted by Crippen LogP contribution is 2.29. The summed E-state index contributed by atoms with van der Waals surface area (Å²) in [5.41, 5.74) is 2.22. The fourth-order valence-electron chi connectivity index (χ4n) is 3.14. The molecule has 28 heavy (non-hydrogen) atoms. The number of pyridine rings is 1. The van der Waals surface area contributed by atoms with Gasteiger partial charge in [-0.15, -0.1) is 0 Å². The summed E-state index contributed by atoms with van der Waals surface area (Å²) in [6, 6.07) is 10.8. The van der Waals surface area contributed by atoms with Crippen LogP contribution in [0.25, 0.3) is 5.82 Å². The molecule has 3 aromatic rings. The lowest BCUT2D eigenvalue weighted by atomic mass is 10.2. The molecule has 2 aromatic heterocycles. The van der Waals surface area contributed by atoms with E-state index < -0.39 is 0 Å². The van der Waals surface area contributed by atoms with Gasteiger partial charge in [-0.1, -0.05) is 18.2 Å². The number of nitrogens with one attached hydrogen (secondary N) is 2. The molecule has 0 bridgehead atoms. The lowest BCUT2D eigenvalue weighted by Crippen LogP contribution is -2.30. The van der Waals surface area contributed by atoms with Gasteiger partial charge in [-0.05, 0) is 30.2 Å². The van der Waals surface area contributed by atoms with Crippen LogP contribution in [-0.2, 0) is 11.3 Å². The maximum Gasteiger partial charge on any atom is 0.319 e. The molecule has 1 saturated heterocycles. The first-order valence-electron chi connectivity index (χ1n) is 9.08. The lowest BCUT2D eigenvalue weighted by Gasteiger charge is -2.20. The topological polar surface area (TPSA) is 92.2 Å². The van der Waals surface area contributed by atoms with E-state index in [2.05, 4.69) is 20.6 Å². The number of imidazole rings is 1. The van der Waals surface area contributed by atoms with E-state index in [0.717, 1.165) is 23.5 Å². The number of hydrogen-bond acceptors (Lipinski definition) is 4. The van der Waals surface area contributed by atoms with Crippen LogP contribution >= 0.6 is 0 Å².